The van der Waals surface area contributed by atoms with Crippen LogP contribution < -0.4 is 10.6 Å². The van der Waals surface area contributed by atoms with Gasteiger partial charge in [-0.2, -0.15) is 0 Å². The molecule has 0 saturated heterocycles. The monoisotopic (exact) mass is 368 g/mol. The summed E-state index contributed by atoms with van der Waals surface area (Å²) in [5, 5.41) is 14.8. The van der Waals surface area contributed by atoms with Crippen molar-refractivity contribution in [2.45, 2.75) is 33.7 Å². The van der Waals surface area contributed by atoms with E-state index in [0.717, 1.165) is 12.0 Å². The van der Waals surface area contributed by atoms with Crippen LogP contribution in [0.1, 0.15) is 52.1 Å². The Balaban J connectivity index is 2.04. The van der Waals surface area contributed by atoms with E-state index in [0.29, 0.717) is 16.8 Å². The molecule has 0 aliphatic rings. The first-order chi connectivity index (χ1) is 12.8. The fraction of sp³-hybridized carbons (Fsp3) is 0.286. The van der Waals surface area contributed by atoms with Gasteiger partial charge in [0.1, 0.15) is 0 Å². The summed E-state index contributed by atoms with van der Waals surface area (Å²) in [6.07, 6.45) is 0.760. The Bertz CT molecular complexity index is 861. The number of hydrogen-bond acceptors (Lipinski definition) is 3. The molecule has 2 aromatic carbocycles. The molecule has 2 amide bonds. The van der Waals surface area contributed by atoms with Crippen molar-refractivity contribution in [1.29, 1.82) is 0 Å². The van der Waals surface area contributed by atoms with Gasteiger partial charge in [-0.3, -0.25) is 9.59 Å². The molecule has 0 aromatic heterocycles. The molecule has 2 aromatic rings. The fourth-order valence-corrected chi connectivity index (χ4v) is 2.53. The molecule has 0 aliphatic heterocycles. The summed E-state index contributed by atoms with van der Waals surface area (Å²) in [6.45, 7) is 5.83. The highest BCUT2D eigenvalue weighted by atomic mass is 16.4. The Morgan fingerprint density at radius 2 is 1.78 bits per heavy atom. The number of anilines is 1. The van der Waals surface area contributed by atoms with Gasteiger partial charge in [0.15, 0.2) is 0 Å². The predicted molar refractivity (Wildman–Crippen MR) is 104 cm³/mol. The molecule has 0 saturated carbocycles. The molecular weight excluding hydrogens is 344 g/mol. The number of carbonyl (C=O) groups excluding carboxylic acids is 2. The van der Waals surface area contributed by atoms with Gasteiger partial charge in [-0.25, -0.2) is 4.79 Å². The molecule has 3 N–H and O–H groups in total. The number of amides is 2. The minimum Gasteiger partial charge on any atom is -0.478 e. The minimum atomic E-state index is -1.07. The number of benzene rings is 2. The van der Waals surface area contributed by atoms with Crippen LogP contribution in [0.2, 0.25) is 0 Å². The average Bonchev–Trinajstić information content (AvgIpc) is 2.65. The van der Waals surface area contributed by atoms with Crippen LogP contribution in [0.5, 0.6) is 0 Å². The Labute approximate surface area is 158 Å². The normalized spacial score (nSPS) is 11.5. The zero-order valence-electron chi connectivity index (χ0n) is 15.7. The summed E-state index contributed by atoms with van der Waals surface area (Å²) in [5.74, 6) is -1.54. The van der Waals surface area contributed by atoms with Crippen LogP contribution in [-0.4, -0.2) is 22.9 Å². The van der Waals surface area contributed by atoms with Gasteiger partial charge < -0.3 is 15.7 Å². The van der Waals surface area contributed by atoms with Crippen molar-refractivity contribution < 1.29 is 19.5 Å². The zero-order valence-corrected chi connectivity index (χ0v) is 15.7. The van der Waals surface area contributed by atoms with Gasteiger partial charge in [0, 0.05) is 23.7 Å². The number of aryl methyl sites for hydroxylation is 1. The summed E-state index contributed by atoms with van der Waals surface area (Å²) >= 11 is 0. The Hall–Kier alpha value is -3.15. The summed E-state index contributed by atoms with van der Waals surface area (Å²) < 4.78 is 0. The molecule has 1 unspecified atom stereocenters. The molecule has 0 spiro atoms. The molecule has 6 heteroatoms. The fourth-order valence-electron chi connectivity index (χ4n) is 2.53. The third-order valence-corrected chi connectivity index (χ3v) is 4.29. The molecule has 0 heterocycles. The van der Waals surface area contributed by atoms with Gasteiger partial charge >= 0.3 is 5.97 Å². The van der Waals surface area contributed by atoms with Crippen LogP contribution >= 0.6 is 0 Å². The molecule has 0 aliphatic carbocycles. The maximum absolute atomic E-state index is 12.4. The maximum atomic E-state index is 12.4. The second kappa shape index (κ2) is 8.98. The topological polar surface area (TPSA) is 95.5 Å². The number of carboxylic acid groups (broad SMARTS) is 1. The van der Waals surface area contributed by atoms with Gasteiger partial charge in [-0.15, -0.1) is 0 Å². The van der Waals surface area contributed by atoms with E-state index < -0.39 is 5.97 Å². The highest BCUT2D eigenvalue weighted by molar-refractivity contribution is 5.97. The predicted octanol–water partition coefficient (Wildman–Crippen LogP) is 3.61. The molecule has 1 atom stereocenters. The van der Waals surface area contributed by atoms with Crippen LogP contribution in [0, 0.1) is 12.8 Å². The van der Waals surface area contributed by atoms with Gasteiger partial charge in [-0.05, 0) is 54.8 Å². The van der Waals surface area contributed by atoms with Crippen LogP contribution in [0.4, 0.5) is 5.69 Å². The number of carboxylic acids is 1. The lowest BCUT2D eigenvalue weighted by molar-refractivity contribution is -0.119. The first kappa shape index (κ1) is 20.2. The van der Waals surface area contributed by atoms with E-state index >= 15 is 0 Å². The van der Waals surface area contributed by atoms with E-state index in [1.165, 1.54) is 12.1 Å². The molecule has 0 fully saturated rings. The van der Waals surface area contributed by atoms with Crippen molar-refractivity contribution in [3.05, 3.63) is 64.7 Å². The van der Waals surface area contributed by atoms with E-state index in [9.17, 15) is 14.4 Å². The molecule has 142 valence electrons. The Kier molecular flexibility index (Phi) is 6.71. The Morgan fingerprint density at radius 1 is 1.07 bits per heavy atom. The van der Waals surface area contributed by atoms with E-state index in [4.69, 9.17) is 5.11 Å². The average molecular weight is 368 g/mol. The second-order valence-electron chi connectivity index (χ2n) is 6.57. The van der Waals surface area contributed by atoms with Crippen molar-refractivity contribution in [1.82, 2.24) is 5.32 Å². The van der Waals surface area contributed by atoms with Crippen molar-refractivity contribution >= 4 is 23.5 Å². The highest BCUT2D eigenvalue weighted by Gasteiger charge is 2.12. The summed E-state index contributed by atoms with van der Waals surface area (Å²) in [5.41, 5.74) is 2.59. The second-order valence-corrected chi connectivity index (χ2v) is 6.57. The van der Waals surface area contributed by atoms with Gasteiger partial charge in [-0.1, -0.05) is 26.0 Å². The standard InChI is InChI=1S/C21H24N2O4/c1-4-14(3)19(24)23-18-7-5-6-15(10-18)12-22-20(25)16-8-13(2)9-17(11-16)21(26)27/h5-11,14H,4,12H2,1-3H3,(H,22,25)(H,23,24)(H,26,27). The third kappa shape index (κ3) is 5.67. The maximum Gasteiger partial charge on any atom is 0.335 e. The molecule has 2 rings (SSSR count). The van der Waals surface area contributed by atoms with Crippen LogP contribution in [-0.2, 0) is 11.3 Å². The van der Waals surface area contributed by atoms with Crippen LogP contribution in [0.25, 0.3) is 0 Å². The molecule has 6 nitrogen and oxygen atoms in total. The lowest BCUT2D eigenvalue weighted by atomic mass is 10.1. The summed E-state index contributed by atoms with van der Waals surface area (Å²) in [6, 6.07) is 11.8. The quantitative estimate of drug-likeness (QED) is 0.696. The summed E-state index contributed by atoms with van der Waals surface area (Å²) in [7, 11) is 0. The number of hydrogen-bond donors (Lipinski definition) is 3. The van der Waals surface area contributed by atoms with Crippen molar-refractivity contribution in [3.8, 4) is 0 Å². The first-order valence-corrected chi connectivity index (χ1v) is 8.83. The van der Waals surface area contributed by atoms with Crippen molar-refractivity contribution in [3.63, 3.8) is 0 Å². The number of nitrogens with one attached hydrogen (secondary N) is 2. The molecular formula is C21H24N2O4. The van der Waals surface area contributed by atoms with Gasteiger partial charge in [0.05, 0.1) is 5.56 Å². The number of aromatic carboxylic acids is 1. The molecule has 27 heavy (non-hydrogen) atoms. The summed E-state index contributed by atoms with van der Waals surface area (Å²) in [4.78, 5) is 35.5. The lowest BCUT2D eigenvalue weighted by Crippen LogP contribution is -2.23. The molecule has 0 bridgehead atoms. The smallest absolute Gasteiger partial charge is 0.335 e. The Morgan fingerprint density at radius 3 is 2.44 bits per heavy atom. The van der Waals surface area contributed by atoms with E-state index in [1.54, 1.807) is 25.1 Å². The highest BCUT2D eigenvalue weighted by Crippen LogP contribution is 2.14. The zero-order chi connectivity index (χ0) is 20.0. The SMILES string of the molecule is CCC(C)C(=O)Nc1cccc(CNC(=O)c2cc(C)cc(C(=O)O)c2)c1. The minimum absolute atomic E-state index is 0.0420. The van der Waals surface area contributed by atoms with Crippen molar-refractivity contribution in [2.24, 2.45) is 5.92 Å². The van der Waals surface area contributed by atoms with Crippen LogP contribution in [0.3, 0.4) is 0 Å². The van der Waals surface area contributed by atoms with E-state index in [-0.39, 0.29) is 29.8 Å². The van der Waals surface area contributed by atoms with Gasteiger partial charge in [0.2, 0.25) is 5.91 Å². The van der Waals surface area contributed by atoms with E-state index in [1.807, 2.05) is 26.0 Å². The van der Waals surface area contributed by atoms with E-state index in [2.05, 4.69) is 10.6 Å². The number of rotatable bonds is 7. The van der Waals surface area contributed by atoms with Crippen LogP contribution in [0.15, 0.2) is 42.5 Å². The number of carbonyl (C=O) groups is 3. The molecule has 0 radical (unpaired) electrons. The lowest BCUT2D eigenvalue weighted by Gasteiger charge is -2.12. The van der Waals surface area contributed by atoms with Crippen molar-refractivity contribution in [2.75, 3.05) is 5.32 Å². The largest absolute Gasteiger partial charge is 0.478 e. The first-order valence-electron chi connectivity index (χ1n) is 8.83. The van der Waals surface area contributed by atoms with Gasteiger partial charge in [0.25, 0.3) is 5.91 Å². The third-order valence-electron chi connectivity index (χ3n) is 4.29.